The number of nitrogens with zero attached hydrogens (tertiary/aromatic N) is 1. The van der Waals surface area contributed by atoms with Gasteiger partial charge >= 0.3 is 6.18 Å². The molecule has 4 aromatic rings. The van der Waals surface area contributed by atoms with Gasteiger partial charge in [0.2, 0.25) is 0 Å². The number of alkyl halides is 3. The Morgan fingerprint density at radius 3 is 2.52 bits per heavy atom. The highest BCUT2D eigenvalue weighted by atomic mass is 32.1. The lowest BCUT2D eigenvalue weighted by Gasteiger charge is -2.12. The molecular weight excluding hydrogens is 404 g/mol. The van der Waals surface area contributed by atoms with Gasteiger partial charge in [0.1, 0.15) is 11.5 Å². The summed E-state index contributed by atoms with van der Waals surface area (Å²) >= 11 is 1.46. The lowest BCUT2D eigenvalue weighted by atomic mass is 10.2. The highest BCUT2D eigenvalue weighted by Crippen LogP contribution is 2.31. The summed E-state index contributed by atoms with van der Waals surface area (Å²) in [6, 6.07) is 14.0. The number of hydrogen-bond donors (Lipinski definition) is 1. The quantitative estimate of drug-likeness (QED) is 0.396. The van der Waals surface area contributed by atoms with Crippen LogP contribution in [-0.4, -0.2) is 10.5 Å². The van der Waals surface area contributed by atoms with Crippen LogP contribution in [0.5, 0.6) is 0 Å². The molecule has 0 atom stereocenters. The largest absolute Gasteiger partial charge is 0.416 e. The second kappa shape index (κ2) is 7.36. The fourth-order valence-corrected chi connectivity index (χ4v) is 3.90. The molecule has 0 radical (unpaired) electrons. The first-order valence-electron chi connectivity index (χ1n) is 8.61. The standard InChI is InChI=1S/C21H14F4N2OS/c22-15-6-4-13(5-7-15)12-27-17-8-9-29-19(17)11-18(27)20(28)26-16-3-1-2-14(10-16)21(23,24)25/h1-11H,12H2,(H,26,28). The van der Waals surface area contributed by atoms with Crippen LogP contribution in [0.25, 0.3) is 10.2 Å². The molecule has 1 N–H and O–H groups in total. The number of anilines is 1. The Bertz CT molecular complexity index is 1180. The third kappa shape index (κ3) is 4.02. The van der Waals surface area contributed by atoms with Crippen LogP contribution in [-0.2, 0) is 12.7 Å². The van der Waals surface area contributed by atoms with Crippen LogP contribution in [0.2, 0.25) is 0 Å². The van der Waals surface area contributed by atoms with Crippen molar-refractivity contribution >= 4 is 33.1 Å². The van der Waals surface area contributed by atoms with E-state index in [1.165, 1.54) is 35.6 Å². The molecule has 0 spiro atoms. The summed E-state index contributed by atoms with van der Waals surface area (Å²) in [6.45, 7) is 0.325. The van der Waals surface area contributed by atoms with Gasteiger partial charge in [0, 0.05) is 12.2 Å². The van der Waals surface area contributed by atoms with Crippen molar-refractivity contribution in [3.05, 3.63) is 88.7 Å². The summed E-state index contributed by atoms with van der Waals surface area (Å²) in [5.74, 6) is -0.876. The number of thiophene rings is 1. The molecule has 2 aromatic heterocycles. The van der Waals surface area contributed by atoms with Crippen molar-refractivity contribution in [2.24, 2.45) is 0 Å². The molecule has 29 heavy (non-hydrogen) atoms. The minimum Gasteiger partial charge on any atom is -0.331 e. The molecule has 0 aliphatic carbocycles. The molecule has 0 saturated carbocycles. The van der Waals surface area contributed by atoms with Gasteiger partial charge in [0.15, 0.2) is 0 Å². The first-order valence-corrected chi connectivity index (χ1v) is 9.49. The number of amides is 1. The van der Waals surface area contributed by atoms with Crippen LogP contribution in [0, 0.1) is 5.82 Å². The molecule has 2 aromatic carbocycles. The highest BCUT2D eigenvalue weighted by Gasteiger charge is 2.30. The zero-order valence-electron chi connectivity index (χ0n) is 14.8. The predicted octanol–water partition coefficient (Wildman–Crippen LogP) is 6.16. The molecular formula is C21H14F4N2OS. The average molecular weight is 418 g/mol. The fraction of sp³-hybridized carbons (Fsp3) is 0.0952. The minimum atomic E-state index is -4.49. The Kier molecular flexibility index (Phi) is 4.87. The monoisotopic (exact) mass is 418 g/mol. The fourth-order valence-electron chi connectivity index (χ4n) is 3.08. The summed E-state index contributed by atoms with van der Waals surface area (Å²) in [7, 11) is 0. The number of carbonyl (C=O) groups excluding carboxylic acids is 1. The minimum absolute atomic E-state index is 0.0581. The molecule has 0 aliphatic rings. The molecule has 2 heterocycles. The van der Waals surface area contributed by atoms with E-state index in [1.807, 2.05) is 11.4 Å². The zero-order chi connectivity index (χ0) is 20.6. The maximum absolute atomic E-state index is 13.2. The Balaban J connectivity index is 1.66. The van der Waals surface area contributed by atoms with Crippen LogP contribution in [0.1, 0.15) is 21.6 Å². The number of benzene rings is 2. The van der Waals surface area contributed by atoms with E-state index in [0.29, 0.717) is 12.2 Å². The van der Waals surface area contributed by atoms with Crippen molar-refractivity contribution in [2.45, 2.75) is 12.7 Å². The first-order chi connectivity index (χ1) is 13.8. The molecule has 0 unspecified atom stereocenters. The maximum Gasteiger partial charge on any atom is 0.416 e. The highest BCUT2D eigenvalue weighted by molar-refractivity contribution is 7.17. The van der Waals surface area contributed by atoms with Gasteiger partial charge < -0.3 is 9.88 Å². The van der Waals surface area contributed by atoms with E-state index >= 15 is 0 Å². The summed E-state index contributed by atoms with van der Waals surface area (Å²) in [5, 5.41) is 4.43. The number of fused-ring (bicyclic) bond motifs is 1. The summed E-state index contributed by atoms with van der Waals surface area (Å²) < 4.78 is 54.6. The normalized spacial score (nSPS) is 11.7. The molecule has 148 valence electrons. The molecule has 8 heteroatoms. The lowest BCUT2D eigenvalue weighted by Crippen LogP contribution is -2.18. The molecule has 1 amide bonds. The van der Waals surface area contributed by atoms with E-state index in [1.54, 1.807) is 22.8 Å². The van der Waals surface area contributed by atoms with Gasteiger partial charge in [-0.1, -0.05) is 18.2 Å². The number of aromatic nitrogens is 1. The van der Waals surface area contributed by atoms with Crippen molar-refractivity contribution in [2.75, 3.05) is 5.32 Å². The lowest BCUT2D eigenvalue weighted by molar-refractivity contribution is -0.137. The Morgan fingerprint density at radius 2 is 1.79 bits per heavy atom. The van der Waals surface area contributed by atoms with Crippen molar-refractivity contribution in [1.29, 1.82) is 0 Å². The maximum atomic E-state index is 13.2. The molecule has 0 fully saturated rings. The van der Waals surface area contributed by atoms with Gasteiger partial charge in [-0.15, -0.1) is 11.3 Å². The number of halogens is 4. The SMILES string of the molecule is O=C(Nc1cccc(C(F)(F)F)c1)c1cc2sccc2n1Cc1ccc(F)cc1. The van der Waals surface area contributed by atoms with Crippen LogP contribution in [0.4, 0.5) is 23.2 Å². The van der Waals surface area contributed by atoms with Gasteiger partial charge in [-0.3, -0.25) is 4.79 Å². The molecule has 0 bridgehead atoms. The Labute approximate surface area is 167 Å². The van der Waals surface area contributed by atoms with E-state index in [9.17, 15) is 22.4 Å². The van der Waals surface area contributed by atoms with Crippen molar-refractivity contribution in [1.82, 2.24) is 4.57 Å². The second-order valence-electron chi connectivity index (χ2n) is 6.44. The number of hydrogen-bond acceptors (Lipinski definition) is 2. The number of rotatable bonds is 4. The number of nitrogens with one attached hydrogen (secondary N) is 1. The second-order valence-corrected chi connectivity index (χ2v) is 7.39. The van der Waals surface area contributed by atoms with E-state index in [2.05, 4.69) is 5.32 Å². The number of carbonyl (C=O) groups is 1. The smallest absolute Gasteiger partial charge is 0.331 e. The van der Waals surface area contributed by atoms with Crippen LogP contribution >= 0.6 is 11.3 Å². The molecule has 4 rings (SSSR count). The molecule has 0 aliphatic heterocycles. The van der Waals surface area contributed by atoms with Crippen molar-refractivity contribution < 1.29 is 22.4 Å². The summed E-state index contributed by atoms with van der Waals surface area (Å²) in [6.07, 6.45) is -4.49. The predicted molar refractivity (Wildman–Crippen MR) is 105 cm³/mol. The summed E-state index contributed by atoms with van der Waals surface area (Å²) in [5.41, 5.74) is 1.16. The Hall–Kier alpha value is -3.13. The topological polar surface area (TPSA) is 34.0 Å². The zero-order valence-corrected chi connectivity index (χ0v) is 15.7. The van der Waals surface area contributed by atoms with Gasteiger partial charge in [0.25, 0.3) is 5.91 Å². The van der Waals surface area contributed by atoms with E-state index < -0.39 is 17.6 Å². The van der Waals surface area contributed by atoms with Gasteiger partial charge in [-0.2, -0.15) is 13.2 Å². The van der Waals surface area contributed by atoms with Gasteiger partial charge in [0.05, 0.1) is 15.8 Å². The van der Waals surface area contributed by atoms with Crippen LogP contribution < -0.4 is 5.32 Å². The first kappa shape index (κ1) is 19.2. The van der Waals surface area contributed by atoms with Crippen LogP contribution in [0.3, 0.4) is 0 Å². The molecule has 0 saturated heterocycles. The third-order valence-corrected chi connectivity index (χ3v) is 5.31. The van der Waals surface area contributed by atoms with Crippen molar-refractivity contribution in [3.63, 3.8) is 0 Å². The third-order valence-electron chi connectivity index (χ3n) is 4.46. The average Bonchev–Trinajstić information content (AvgIpc) is 3.26. The van der Waals surface area contributed by atoms with Gasteiger partial charge in [-0.05, 0) is 53.4 Å². The Morgan fingerprint density at radius 1 is 1.03 bits per heavy atom. The van der Waals surface area contributed by atoms with E-state index in [0.717, 1.165) is 27.9 Å². The van der Waals surface area contributed by atoms with Crippen molar-refractivity contribution in [3.8, 4) is 0 Å². The van der Waals surface area contributed by atoms with Gasteiger partial charge in [-0.25, -0.2) is 4.39 Å². The van der Waals surface area contributed by atoms with E-state index in [-0.39, 0.29) is 11.5 Å². The van der Waals surface area contributed by atoms with E-state index in [4.69, 9.17) is 0 Å². The van der Waals surface area contributed by atoms with Crippen LogP contribution in [0.15, 0.2) is 66.0 Å². The summed E-state index contributed by atoms with van der Waals surface area (Å²) in [4.78, 5) is 12.8. The molecule has 3 nitrogen and oxygen atoms in total.